The molecule has 1 N–H and O–H groups in total. The number of likely N-dealkylation sites (N-methyl/N-ethyl adjacent to an activating group) is 1. The van der Waals surface area contributed by atoms with Crippen molar-refractivity contribution in [3.05, 3.63) is 0 Å². The van der Waals surface area contributed by atoms with Gasteiger partial charge in [0.15, 0.2) is 0 Å². The minimum atomic E-state index is 0.172. The highest BCUT2D eigenvalue weighted by Crippen LogP contribution is 2.20. The minimum absolute atomic E-state index is 0.172. The zero-order chi connectivity index (χ0) is 11.3. The molecule has 1 saturated heterocycles. The van der Waals surface area contributed by atoms with E-state index in [9.17, 15) is 4.79 Å². The van der Waals surface area contributed by atoms with E-state index in [-0.39, 0.29) is 12.5 Å². The lowest BCUT2D eigenvalue weighted by Gasteiger charge is -2.25. The van der Waals surface area contributed by atoms with Gasteiger partial charge in [-0.2, -0.15) is 0 Å². The third-order valence-corrected chi connectivity index (χ3v) is 3.03. The Kier molecular flexibility index (Phi) is 5.05. The molecule has 1 aliphatic rings. The fourth-order valence-electron chi connectivity index (χ4n) is 2.07. The Morgan fingerprint density at radius 3 is 2.87 bits per heavy atom. The lowest BCUT2D eigenvalue weighted by atomic mass is 10.1. The summed E-state index contributed by atoms with van der Waals surface area (Å²) in [5.74, 6) is 0.172. The Hall–Kier alpha value is -0.610. The van der Waals surface area contributed by atoms with Gasteiger partial charge >= 0.3 is 0 Å². The van der Waals surface area contributed by atoms with Crippen LogP contribution in [0.5, 0.6) is 0 Å². The molecule has 4 heteroatoms. The molecule has 0 aromatic heterocycles. The highest BCUT2D eigenvalue weighted by atomic mass is 16.3. The quantitative estimate of drug-likeness (QED) is 0.716. The van der Waals surface area contributed by atoms with E-state index in [0.29, 0.717) is 12.6 Å². The van der Waals surface area contributed by atoms with Crippen molar-refractivity contribution in [3.8, 4) is 0 Å². The molecule has 0 bridgehead atoms. The summed E-state index contributed by atoms with van der Waals surface area (Å²) in [5.41, 5.74) is 0. The number of aliphatic hydroxyl groups is 1. The van der Waals surface area contributed by atoms with Gasteiger partial charge in [0.25, 0.3) is 0 Å². The number of hydrogen-bond donors (Lipinski definition) is 1. The highest BCUT2D eigenvalue weighted by Gasteiger charge is 2.25. The fraction of sp³-hybridized carbons (Fsp3) is 0.909. The molecule has 1 heterocycles. The van der Waals surface area contributed by atoms with Crippen molar-refractivity contribution >= 4 is 5.91 Å². The number of hydrogen-bond acceptors (Lipinski definition) is 3. The second-order valence-electron chi connectivity index (χ2n) is 4.42. The predicted molar refractivity (Wildman–Crippen MR) is 59.6 cm³/mol. The van der Waals surface area contributed by atoms with Crippen molar-refractivity contribution in [1.82, 2.24) is 9.80 Å². The van der Waals surface area contributed by atoms with Crippen molar-refractivity contribution in [1.29, 1.82) is 0 Å². The van der Waals surface area contributed by atoms with Gasteiger partial charge in [0.05, 0.1) is 6.54 Å². The maximum Gasteiger partial charge on any atom is 0.236 e. The Morgan fingerprint density at radius 2 is 2.27 bits per heavy atom. The topological polar surface area (TPSA) is 43.8 Å². The number of amides is 1. The monoisotopic (exact) mass is 214 g/mol. The normalized spacial score (nSPS) is 21.9. The van der Waals surface area contributed by atoms with Crippen LogP contribution in [0.25, 0.3) is 0 Å². The molecule has 0 aromatic carbocycles. The van der Waals surface area contributed by atoms with Crippen LogP contribution in [0.3, 0.4) is 0 Å². The first-order valence-corrected chi connectivity index (χ1v) is 5.70. The molecule has 0 aliphatic carbocycles. The largest absolute Gasteiger partial charge is 0.396 e. The van der Waals surface area contributed by atoms with Crippen LogP contribution >= 0.6 is 0 Å². The summed E-state index contributed by atoms with van der Waals surface area (Å²) in [5, 5.41) is 8.79. The molecule has 1 atom stereocenters. The second-order valence-corrected chi connectivity index (χ2v) is 4.42. The lowest BCUT2D eigenvalue weighted by Crippen LogP contribution is -2.39. The van der Waals surface area contributed by atoms with Crippen molar-refractivity contribution < 1.29 is 9.90 Å². The molecule has 1 unspecified atom stereocenters. The summed E-state index contributed by atoms with van der Waals surface area (Å²) < 4.78 is 0. The van der Waals surface area contributed by atoms with E-state index in [1.165, 1.54) is 12.8 Å². The van der Waals surface area contributed by atoms with Gasteiger partial charge in [0, 0.05) is 26.7 Å². The summed E-state index contributed by atoms with van der Waals surface area (Å²) in [4.78, 5) is 15.4. The number of rotatable bonds is 5. The average molecular weight is 214 g/mol. The third-order valence-electron chi connectivity index (χ3n) is 3.03. The van der Waals surface area contributed by atoms with Crippen LogP contribution in [0.15, 0.2) is 0 Å². The van der Waals surface area contributed by atoms with Gasteiger partial charge in [0.2, 0.25) is 5.91 Å². The predicted octanol–water partition coefficient (Wildman–Crippen LogP) is 0.311. The van der Waals surface area contributed by atoms with Crippen LogP contribution < -0.4 is 0 Å². The molecule has 0 radical (unpaired) electrons. The van der Waals surface area contributed by atoms with Crippen LogP contribution in [0.2, 0.25) is 0 Å². The smallest absolute Gasteiger partial charge is 0.236 e. The molecular weight excluding hydrogens is 192 g/mol. The van der Waals surface area contributed by atoms with Gasteiger partial charge in [-0.25, -0.2) is 0 Å². The van der Waals surface area contributed by atoms with Gasteiger partial charge in [0.1, 0.15) is 0 Å². The number of aliphatic hydroxyl groups excluding tert-OH is 1. The first-order valence-electron chi connectivity index (χ1n) is 5.70. The number of carbonyl (C=O) groups excluding carboxylic acids is 1. The summed E-state index contributed by atoms with van der Waals surface area (Å²) >= 11 is 0. The second kappa shape index (κ2) is 6.08. The zero-order valence-electron chi connectivity index (χ0n) is 9.78. The molecule has 1 amide bonds. The van der Waals surface area contributed by atoms with Crippen LogP contribution in [0, 0.1) is 0 Å². The van der Waals surface area contributed by atoms with Crippen LogP contribution in [0.1, 0.15) is 25.7 Å². The molecule has 0 saturated carbocycles. The highest BCUT2D eigenvalue weighted by molar-refractivity contribution is 5.77. The first-order chi connectivity index (χ1) is 7.15. The van der Waals surface area contributed by atoms with Crippen LogP contribution in [-0.2, 0) is 4.79 Å². The Balaban J connectivity index is 2.36. The number of carbonyl (C=O) groups is 1. The average Bonchev–Trinajstić information content (AvgIpc) is 2.62. The first kappa shape index (κ1) is 12.5. The van der Waals surface area contributed by atoms with Crippen LogP contribution in [0.4, 0.5) is 0 Å². The summed E-state index contributed by atoms with van der Waals surface area (Å²) in [7, 11) is 3.59. The molecule has 1 fully saturated rings. The summed E-state index contributed by atoms with van der Waals surface area (Å²) in [6.07, 6.45) is 4.20. The number of nitrogens with zero attached hydrogens (tertiary/aromatic N) is 2. The molecule has 0 aromatic rings. The van der Waals surface area contributed by atoms with Crippen molar-refractivity contribution in [3.63, 3.8) is 0 Å². The van der Waals surface area contributed by atoms with E-state index in [4.69, 9.17) is 5.11 Å². The maximum absolute atomic E-state index is 11.6. The molecule has 4 nitrogen and oxygen atoms in total. The van der Waals surface area contributed by atoms with E-state index in [1.54, 1.807) is 19.0 Å². The van der Waals surface area contributed by atoms with Crippen molar-refractivity contribution in [2.24, 2.45) is 0 Å². The molecule has 1 rings (SSSR count). The Morgan fingerprint density at radius 1 is 1.53 bits per heavy atom. The summed E-state index contributed by atoms with van der Waals surface area (Å²) in [6.45, 7) is 1.81. The summed E-state index contributed by atoms with van der Waals surface area (Å²) in [6, 6.07) is 0.501. The van der Waals surface area contributed by atoms with E-state index < -0.39 is 0 Å². The third kappa shape index (κ3) is 3.80. The van der Waals surface area contributed by atoms with Gasteiger partial charge < -0.3 is 10.0 Å². The van der Waals surface area contributed by atoms with Gasteiger partial charge in [-0.05, 0) is 32.2 Å². The SMILES string of the molecule is CN(C)C(=O)CN1CCCC1CCCO. The lowest BCUT2D eigenvalue weighted by molar-refractivity contribution is -0.130. The fourth-order valence-corrected chi connectivity index (χ4v) is 2.07. The molecule has 88 valence electrons. The molecule has 15 heavy (non-hydrogen) atoms. The van der Waals surface area contributed by atoms with Crippen molar-refractivity contribution in [2.45, 2.75) is 31.7 Å². The van der Waals surface area contributed by atoms with Gasteiger partial charge in [-0.1, -0.05) is 0 Å². The molecule has 0 spiro atoms. The van der Waals surface area contributed by atoms with Crippen molar-refractivity contribution in [2.75, 3.05) is 33.8 Å². The minimum Gasteiger partial charge on any atom is -0.396 e. The Labute approximate surface area is 91.9 Å². The molecular formula is C11H22N2O2. The van der Waals surface area contributed by atoms with E-state index in [2.05, 4.69) is 4.90 Å². The Bertz CT molecular complexity index is 207. The van der Waals surface area contributed by atoms with E-state index in [1.807, 2.05) is 0 Å². The number of likely N-dealkylation sites (tertiary alicyclic amines) is 1. The van der Waals surface area contributed by atoms with E-state index >= 15 is 0 Å². The maximum atomic E-state index is 11.6. The standard InChI is InChI=1S/C11H22N2O2/c1-12(2)11(15)9-13-7-3-5-10(13)6-4-8-14/h10,14H,3-9H2,1-2H3. The molecule has 1 aliphatic heterocycles. The van der Waals surface area contributed by atoms with Gasteiger partial charge in [-0.15, -0.1) is 0 Å². The zero-order valence-corrected chi connectivity index (χ0v) is 9.78. The van der Waals surface area contributed by atoms with E-state index in [0.717, 1.165) is 19.4 Å². The van der Waals surface area contributed by atoms with Crippen LogP contribution in [-0.4, -0.2) is 60.6 Å². The van der Waals surface area contributed by atoms with Gasteiger partial charge in [-0.3, -0.25) is 9.69 Å².